The van der Waals surface area contributed by atoms with Crippen molar-refractivity contribution >= 4 is 28.4 Å². The summed E-state index contributed by atoms with van der Waals surface area (Å²) >= 11 is 1.31. The predicted molar refractivity (Wildman–Crippen MR) is 118 cm³/mol. The quantitative estimate of drug-likeness (QED) is 0.225. The Balaban J connectivity index is 1.82. The first kappa shape index (κ1) is 21.3. The van der Waals surface area contributed by atoms with Crippen molar-refractivity contribution in [1.82, 2.24) is 9.55 Å². The zero-order valence-electron chi connectivity index (χ0n) is 17.1. The zero-order chi connectivity index (χ0) is 20.8. The first-order valence-electron chi connectivity index (χ1n) is 9.79. The van der Waals surface area contributed by atoms with Crippen molar-refractivity contribution in [3.8, 4) is 0 Å². The number of aromatic nitrogens is 2. The molecular formula is C23H26N2O3S. The number of carbonyl (C=O) groups excluding carboxylic acids is 1. The predicted octanol–water partition coefficient (Wildman–Crippen LogP) is 4.50. The maximum atomic E-state index is 13.0. The second kappa shape index (κ2) is 9.85. The monoisotopic (exact) mass is 410 g/mol. The molecule has 0 bridgehead atoms. The molecule has 0 spiro atoms. The first-order valence-corrected chi connectivity index (χ1v) is 10.8. The minimum absolute atomic E-state index is 0.0205. The van der Waals surface area contributed by atoms with E-state index >= 15 is 0 Å². The lowest BCUT2D eigenvalue weighted by Crippen LogP contribution is -2.24. The Hall–Kier alpha value is -2.44. The fraction of sp³-hybridized carbons (Fsp3) is 0.348. The number of fused-ring (bicyclic) bond motifs is 1. The highest BCUT2D eigenvalue weighted by atomic mass is 32.2. The van der Waals surface area contributed by atoms with Crippen LogP contribution in [0.3, 0.4) is 0 Å². The summed E-state index contributed by atoms with van der Waals surface area (Å²) in [5.41, 5.74) is 2.36. The van der Waals surface area contributed by atoms with Gasteiger partial charge in [-0.2, -0.15) is 0 Å². The molecule has 1 aromatic heterocycles. The molecule has 0 aliphatic carbocycles. The summed E-state index contributed by atoms with van der Waals surface area (Å²) < 4.78 is 7.27. The molecule has 0 radical (unpaired) electrons. The van der Waals surface area contributed by atoms with Gasteiger partial charge >= 0.3 is 0 Å². The van der Waals surface area contributed by atoms with Crippen LogP contribution in [0.1, 0.15) is 36.2 Å². The molecule has 3 rings (SSSR count). The molecule has 152 valence electrons. The topological polar surface area (TPSA) is 61.2 Å². The van der Waals surface area contributed by atoms with Gasteiger partial charge in [0.1, 0.15) is 0 Å². The van der Waals surface area contributed by atoms with Gasteiger partial charge in [-0.05, 0) is 39.3 Å². The van der Waals surface area contributed by atoms with E-state index in [4.69, 9.17) is 4.74 Å². The van der Waals surface area contributed by atoms with Crippen molar-refractivity contribution in [1.29, 1.82) is 0 Å². The summed E-state index contributed by atoms with van der Waals surface area (Å²) in [5, 5.41) is 1.16. The fourth-order valence-electron chi connectivity index (χ4n) is 2.95. The lowest BCUT2D eigenvalue weighted by molar-refractivity contribution is 0.0743. The van der Waals surface area contributed by atoms with Crippen LogP contribution in [0.25, 0.3) is 10.9 Å². The fourth-order valence-corrected chi connectivity index (χ4v) is 3.87. The van der Waals surface area contributed by atoms with E-state index in [0.29, 0.717) is 41.2 Å². The van der Waals surface area contributed by atoms with Gasteiger partial charge in [0.15, 0.2) is 10.9 Å². The Bertz CT molecular complexity index is 1040. The molecule has 0 aliphatic heterocycles. The standard InChI is InChI=1S/C23H26N2O3S/c1-16(2)28-14-6-13-25-22(27)19-7-4-5-8-20(19)24-23(25)29-15-21(26)18-11-9-17(3)10-12-18/h4-5,7-12,16H,6,13-15H2,1-3H3. The molecule has 0 aliphatic rings. The van der Waals surface area contributed by atoms with Gasteiger partial charge in [-0.1, -0.05) is 53.7 Å². The van der Waals surface area contributed by atoms with Crippen molar-refractivity contribution < 1.29 is 9.53 Å². The van der Waals surface area contributed by atoms with Crippen LogP contribution >= 0.6 is 11.8 Å². The maximum absolute atomic E-state index is 13.0. The smallest absolute Gasteiger partial charge is 0.262 e. The largest absolute Gasteiger partial charge is 0.379 e. The molecule has 29 heavy (non-hydrogen) atoms. The Kier molecular flexibility index (Phi) is 7.23. The summed E-state index contributed by atoms with van der Waals surface area (Å²) in [7, 11) is 0. The summed E-state index contributed by atoms with van der Waals surface area (Å²) in [5.74, 6) is 0.253. The van der Waals surface area contributed by atoms with Gasteiger partial charge in [0.05, 0.1) is 22.8 Å². The number of ether oxygens (including phenoxy) is 1. The van der Waals surface area contributed by atoms with Crippen LogP contribution < -0.4 is 5.56 Å². The van der Waals surface area contributed by atoms with E-state index in [0.717, 1.165) is 5.56 Å². The number of hydrogen-bond acceptors (Lipinski definition) is 5. The Labute approximate surface area is 175 Å². The van der Waals surface area contributed by atoms with Gasteiger partial charge in [0, 0.05) is 18.7 Å². The molecule has 3 aromatic rings. The number of para-hydroxylation sites is 1. The van der Waals surface area contributed by atoms with Crippen LogP contribution in [0.5, 0.6) is 0 Å². The molecule has 6 heteroatoms. The van der Waals surface area contributed by atoms with Crippen molar-refractivity contribution in [3.63, 3.8) is 0 Å². The second-order valence-corrected chi connectivity index (χ2v) is 8.16. The van der Waals surface area contributed by atoms with Crippen molar-refractivity contribution in [2.45, 2.75) is 45.0 Å². The van der Waals surface area contributed by atoms with Crippen LogP contribution in [0.2, 0.25) is 0 Å². The number of nitrogens with zero attached hydrogens (tertiary/aromatic N) is 2. The van der Waals surface area contributed by atoms with Gasteiger partial charge in [-0.15, -0.1) is 0 Å². The van der Waals surface area contributed by atoms with Gasteiger partial charge in [0.2, 0.25) is 0 Å². The van der Waals surface area contributed by atoms with Crippen molar-refractivity contribution in [2.75, 3.05) is 12.4 Å². The van der Waals surface area contributed by atoms with E-state index < -0.39 is 0 Å². The molecule has 2 aromatic carbocycles. The number of thioether (sulfide) groups is 1. The van der Waals surface area contributed by atoms with E-state index in [1.807, 2.05) is 63.2 Å². The molecular weight excluding hydrogens is 384 g/mol. The molecule has 1 heterocycles. The van der Waals surface area contributed by atoms with E-state index in [2.05, 4.69) is 4.98 Å². The minimum Gasteiger partial charge on any atom is -0.379 e. The number of benzene rings is 2. The van der Waals surface area contributed by atoms with E-state index in [-0.39, 0.29) is 23.2 Å². The van der Waals surface area contributed by atoms with Crippen molar-refractivity contribution in [2.24, 2.45) is 0 Å². The number of hydrogen-bond donors (Lipinski definition) is 0. The number of Topliss-reactive ketones (excluding diaryl/α,β-unsaturated/α-hetero) is 1. The summed E-state index contributed by atoms with van der Waals surface area (Å²) in [6.07, 6.45) is 0.861. The minimum atomic E-state index is -0.0783. The lowest BCUT2D eigenvalue weighted by atomic mass is 10.1. The molecule has 0 saturated heterocycles. The number of ketones is 1. The van der Waals surface area contributed by atoms with Crippen LogP contribution in [-0.4, -0.2) is 33.8 Å². The Morgan fingerprint density at radius 3 is 2.59 bits per heavy atom. The van der Waals surface area contributed by atoms with Gasteiger partial charge < -0.3 is 4.74 Å². The Morgan fingerprint density at radius 1 is 1.14 bits per heavy atom. The van der Waals surface area contributed by atoms with Crippen molar-refractivity contribution in [3.05, 3.63) is 70.0 Å². The Morgan fingerprint density at radius 2 is 1.86 bits per heavy atom. The molecule has 0 fully saturated rings. The second-order valence-electron chi connectivity index (χ2n) is 7.22. The third kappa shape index (κ3) is 5.55. The number of aryl methyl sites for hydroxylation is 1. The average Bonchev–Trinajstić information content (AvgIpc) is 2.71. The summed E-state index contributed by atoms with van der Waals surface area (Å²) in [6, 6.07) is 14.8. The zero-order valence-corrected chi connectivity index (χ0v) is 17.9. The number of rotatable bonds is 9. The molecule has 0 unspecified atom stereocenters. The first-order chi connectivity index (χ1) is 14.0. The van der Waals surface area contributed by atoms with E-state index in [1.54, 1.807) is 10.6 Å². The summed E-state index contributed by atoms with van der Waals surface area (Å²) in [4.78, 5) is 30.2. The molecule has 0 saturated carbocycles. The van der Waals surface area contributed by atoms with Crippen LogP contribution in [-0.2, 0) is 11.3 Å². The van der Waals surface area contributed by atoms with Gasteiger partial charge in [-0.25, -0.2) is 4.98 Å². The SMILES string of the molecule is Cc1ccc(C(=O)CSc2nc3ccccc3c(=O)n2CCCOC(C)C)cc1. The van der Waals surface area contributed by atoms with E-state index in [9.17, 15) is 9.59 Å². The molecule has 0 amide bonds. The third-order valence-electron chi connectivity index (χ3n) is 4.51. The third-order valence-corrected chi connectivity index (χ3v) is 5.49. The molecule has 5 nitrogen and oxygen atoms in total. The average molecular weight is 411 g/mol. The van der Waals surface area contributed by atoms with Gasteiger partial charge in [0.25, 0.3) is 5.56 Å². The number of carbonyl (C=O) groups is 1. The highest BCUT2D eigenvalue weighted by Gasteiger charge is 2.14. The van der Waals surface area contributed by atoms with Crippen LogP contribution in [0.15, 0.2) is 58.5 Å². The van der Waals surface area contributed by atoms with Crippen LogP contribution in [0, 0.1) is 6.92 Å². The summed E-state index contributed by atoms with van der Waals surface area (Å²) in [6.45, 7) is 7.04. The highest BCUT2D eigenvalue weighted by Crippen LogP contribution is 2.20. The van der Waals surface area contributed by atoms with Gasteiger partial charge in [-0.3, -0.25) is 14.2 Å². The maximum Gasteiger partial charge on any atom is 0.262 e. The van der Waals surface area contributed by atoms with Crippen LogP contribution in [0.4, 0.5) is 0 Å². The molecule has 0 atom stereocenters. The van der Waals surface area contributed by atoms with E-state index in [1.165, 1.54) is 11.8 Å². The lowest BCUT2D eigenvalue weighted by Gasteiger charge is -2.14. The normalized spacial score (nSPS) is 11.3. The molecule has 0 N–H and O–H groups in total. The highest BCUT2D eigenvalue weighted by molar-refractivity contribution is 7.99.